The van der Waals surface area contributed by atoms with Crippen LogP contribution < -0.4 is 9.50 Å². The maximum atomic E-state index is 11.9. The lowest BCUT2D eigenvalue weighted by atomic mass is 10.2. The number of hydrogen-bond donors (Lipinski definition) is 1. The fourth-order valence-electron chi connectivity index (χ4n) is 1.18. The molecule has 0 radical (unpaired) electrons. The quantitative estimate of drug-likeness (QED) is 0.835. The fraction of sp³-hybridized carbons (Fsp3) is 0.455. The number of amides is 1. The highest BCUT2D eigenvalue weighted by Crippen LogP contribution is 2.19. The molecule has 1 heterocycles. The molecule has 1 N–H and O–H groups in total. The monoisotopic (exact) mass is 306 g/mol. The second-order valence-corrected chi connectivity index (χ2v) is 6.03. The number of carbonyl (C=O) groups excluding carboxylic acids is 1. The van der Waals surface area contributed by atoms with E-state index in [1.807, 2.05) is 13.8 Å². The second kappa shape index (κ2) is 6.21. The molecular formula is C11H15ClN2O4S. The minimum atomic E-state index is -3.70. The summed E-state index contributed by atoms with van der Waals surface area (Å²) in [4.78, 5) is 15.7. The third-order valence-corrected chi connectivity index (χ3v) is 3.04. The van der Waals surface area contributed by atoms with Gasteiger partial charge in [-0.05, 0) is 19.4 Å². The van der Waals surface area contributed by atoms with E-state index in [1.165, 1.54) is 12.1 Å². The van der Waals surface area contributed by atoms with E-state index < -0.39 is 16.0 Å². The van der Waals surface area contributed by atoms with Gasteiger partial charge in [0.2, 0.25) is 5.88 Å². The van der Waals surface area contributed by atoms with E-state index in [2.05, 4.69) is 14.5 Å². The molecule has 8 heteroatoms. The molecule has 0 saturated carbocycles. The van der Waals surface area contributed by atoms with Crippen LogP contribution in [0.4, 0.5) is 0 Å². The minimum Gasteiger partial charge on any atom is -0.362 e. The maximum Gasteiger partial charge on any atom is 0.307 e. The van der Waals surface area contributed by atoms with E-state index >= 15 is 0 Å². The average Bonchev–Trinajstić information content (AvgIpc) is 2.29. The van der Waals surface area contributed by atoms with E-state index in [0.717, 1.165) is 12.7 Å². The number of aromatic nitrogens is 1. The molecule has 0 aliphatic heterocycles. The molecule has 0 bridgehead atoms. The van der Waals surface area contributed by atoms with Crippen LogP contribution in [0.2, 0.25) is 5.02 Å². The Morgan fingerprint density at radius 2 is 2.16 bits per heavy atom. The van der Waals surface area contributed by atoms with Gasteiger partial charge in [-0.2, -0.15) is 8.42 Å². The molecule has 0 aliphatic rings. The smallest absolute Gasteiger partial charge is 0.307 e. The van der Waals surface area contributed by atoms with Crippen molar-refractivity contribution in [2.24, 2.45) is 0 Å². The van der Waals surface area contributed by atoms with Crippen LogP contribution in [0.15, 0.2) is 12.1 Å². The van der Waals surface area contributed by atoms with Gasteiger partial charge in [-0.1, -0.05) is 18.5 Å². The largest absolute Gasteiger partial charge is 0.362 e. The summed E-state index contributed by atoms with van der Waals surface area (Å²) in [5.74, 6) is -0.667. The van der Waals surface area contributed by atoms with Crippen molar-refractivity contribution in [2.45, 2.75) is 26.3 Å². The van der Waals surface area contributed by atoms with Gasteiger partial charge in [0.25, 0.3) is 5.91 Å². The first-order valence-electron chi connectivity index (χ1n) is 5.59. The predicted molar refractivity (Wildman–Crippen MR) is 71.9 cm³/mol. The zero-order valence-electron chi connectivity index (χ0n) is 10.8. The average molecular weight is 307 g/mol. The van der Waals surface area contributed by atoms with Gasteiger partial charge in [0, 0.05) is 12.1 Å². The molecule has 1 aromatic heterocycles. The summed E-state index contributed by atoms with van der Waals surface area (Å²) in [6, 6.07) is 2.61. The molecule has 0 spiro atoms. The maximum absolute atomic E-state index is 11.9. The highest BCUT2D eigenvalue weighted by atomic mass is 35.5. The Hall–Kier alpha value is -1.34. The lowest BCUT2D eigenvalue weighted by Gasteiger charge is -2.12. The van der Waals surface area contributed by atoms with Crippen LogP contribution in [0, 0.1) is 0 Å². The van der Waals surface area contributed by atoms with Gasteiger partial charge in [0.1, 0.15) is 0 Å². The van der Waals surface area contributed by atoms with Crippen molar-refractivity contribution in [3.63, 3.8) is 0 Å². The van der Waals surface area contributed by atoms with Crippen LogP contribution in [0.5, 0.6) is 5.88 Å². The van der Waals surface area contributed by atoms with Gasteiger partial charge in [0.15, 0.2) is 5.69 Å². The second-order valence-electron chi connectivity index (χ2n) is 4.05. The van der Waals surface area contributed by atoms with Crippen molar-refractivity contribution in [3.8, 4) is 5.88 Å². The van der Waals surface area contributed by atoms with Crippen LogP contribution in [0.1, 0.15) is 30.8 Å². The lowest BCUT2D eigenvalue weighted by Crippen LogP contribution is -2.32. The highest BCUT2D eigenvalue weighted by molar-refractivity contribution is 7.86. The van der Waals surface area contributed by atoms with Crippen molar-refractivity contribution in [1.29, 1.82) is 0 Å². The topological polar surface area (TPSA) is 85.4 Å². The van der Waals surface area contributed by atoms with Gasteiger partial charge < -0.3 is 9.50 Å². The fourth-order valence-corrected chi connectivity index (χ4v) is 1.77. The number of hydrogen-bond acceptors (Lipinski definition) is 5. The summed E-state index contributed by atoms with van der Waals surface area (Å²) in [6.07, 6.45) is 1.64. The zero-order valence-corrected chi connectivity index (χ0v) is 12.4. The molecule has 0 saturated heterocycles. The molecule has 6 nitrogen and oxygen atoms in total. The number of rotatable bonds is 5. The Morgan fingerprint density at radius 3 is 2.68 bits per heavy atom. The molecule has 1 aromatic rings. The Morgan fingerprint density at radius 1 is 1.53 bits per heavy atom. The van der Waals surface area contributed by atoms with E-state index in [-0.39, 0.29) is 22.6 Å². The molecule has 0 aromatic carbocycles. The number of nitrogens with one attached hydrogen (secondary N) is 1. The minimum absolute atomic E-state index is 0.0372. The molecule has 1 rings (SSSR count). The standard InChI is InChI=1S/C11H15ClN2O4S/c1-4-7(2)13-11(15)10-8(12)5-6-9(14-10)18-19(3,16)17/h5-7H,4H2,1-3H3,(H,13,15). The lowest BCUT2D eigenvalue weighted by molar-refractivity contribution is 0.0933. The van der Waals surface area contributed by atoms with E-state index in [1.54, 1.807) is 0 Å². The number of nitrogens with zero attached hydrogens (tertiary/aromatic N) is 1. The number of halogens is 1. The normalized spacial score (nSPS) is 12.8. The van der Waals surface area contributed by atoms with Crippen LogP contribution >= 0.6 is 11.6 Å². The van der Waals surface area contributed by atoms with Crippen LogP contribution in [0.3, 0.4) is 0 Å². The van der Waals surface area contributed by atoms with Crippen molar-refractivity contribution < 1.29 is 17.4 Å². The molecule has 1 amide bonds. The Balaban J connectivity index is 3.00. The van der Waals surface area contributed by atoms with E-state index in [0.29, 0.717) is 0 Å². The first kappa shape index (κ1) is 15.7. The Labute approximate surface area is 117 Å². The SMILES string of the molecule is CCC(C)NC(=O)c1nc(OS(C)(=O)=O)ccc1Cl. The molecule has 1 unspecified atom stereocenters. The molecule has 19 heavy (non-hydrogen) atoms. The predicted octanol–water partition coefficient (Wildman–Crippen LogP) is 1.60. The molecular weight excluding hydrogens is 292 g/mol. The molecule has 0 aliphatic carbocycles. The van der Waals surface area contributed by atoms with Gasteiger partial charge >= 0.3 is 10.1 Å². The highest BCUT2D eigenvalue weighted by Gasteiger charge is 2.16. The summed E-state index contributed by atoms with van der Waals surface area (Å²) in [6.45, 7) is 3.76. The van der Waals surface area contributed by atoms with Gasteiger partial charge in [0.05, 0.1) is 11.3 Å². The Bertz CT molecular complexity index is 574. The van der Waals surface area contributed by atoms with E-state index in [9.17, 15) is 13.2 Å². The summed E-state index contributed by atoms with van der Waals surface area (Å²) >= 11 is 5.86. The zero-order chi connectivity index (χ0) is 14.6. The van der Waals surface area contributed by atoms with Crippen molar-refractivity contribution >= 4 is 27.6 Å². The van der Waals surface area contributed by atoms with E-state index in [4.69, 9.17) is 11.6 Å². The van der Waals surface area contributed by atoms with Crippen molar-refractivity contribution in [1.82, 2.24) is 10.3 Å². The Kier molecular flexibility index (Phi) is 5.13. The van der Waals surface area contributed by atoms with Crippen LogP contribution in [-0.4, -0.2) is 31.6 Å². The van der Waals surface area contributed by atoms with Gasteiger partial charge in [-0.25, -0.2) is 4.98 Å². The molecule has 1 atom stereocenters. The first-order valence-corrected chi connectivity index (χ1v) is 7.79. The van der Waals surface area contributed by atoms with Crippen molar-refractivity contribution in [2.75, 3.05) is 6.26 Å². The summed E-state index contributed by atoms with van der Waals surface area (Å²) in [7, 11) is -3.70. The summed E-state index contributed by atoms with van der Waals surface area (Å²) in [5.41, 5.74) is -0.0666. The van der Waals surface area contributed by atoms with Crippen molar-refractivity contribution in [3.05, 3.63) is 22.8 Å². The molecule has 0 fully saturated rings. The van der Waals surface area contributed by atoms with Gasteiger partial charge in [-0.3, -0.25) is 4.79 Å². The third-order valence-electron chi connectivity index (χ3n) is 2.26. The van der Waals surface area contributed by atoms with Crippen LogP contribution in [0.25, 0.3) is 0 Å². The summed E-state index contributed by atoms with van der Waals surface area (Å²) in [5, 5.41) is 2.81. The van der Waals surface area contributed by atoms with Crippen LogP contribution in [-0.2, 0) is 10.1 Å². The number of carbonyl (C=O) groups is 1. The molecule has 106 valence electrons. The third kappa shape index (κ3) is 5.04. The number of pyridine rings is 1. The van der Waals surface area contributed by atoms with Gasteiger partial charge in [-0.15, -0.1) is 0 Å². The summed E-state index contributed by atoms with van der Waals surface area (Å²) < 4.78 is 26.6. The first-order chi connectivity index (χ1) is 8.73.